The van der Waals surface area contributed by atoms with E-state index in [1.165, 1.54) is 29.6 Å². The van der Waals surface area contributed by atoms with E-state index in [1.54, 1.807) is 0 Å². The average molecular weight is 330 g/mol. The van der Waals surface area contributed by atoms with Crippen LogP contribution in [0.4, 0.5) is 18.9 Å². The van der Waals surface area contributed by atoms with Crippen molar-refractivity contribution in [1.29, 1.82) is 0 Å². The lowest BCUT2D eigenvalue weighted by Gasteiger charge is -2.12. The largest absolute Gasteiger partial charge is 0.573 e. The third-order valence-corrected chi connectivity index (χ3v) is 3.40. The van der Waals surface area contributed by atoms with Crippen molar-refractivity contribution in [3.8, 4) is 5.75 Å². The number of halogens is 3. The lowest BCUT2D eigenvalue weighted by molar-refractivity contribution is -0.274. The molecular formula is C13H9F3N2O3S. The number of hydrogen-bond donors (Lipinski definition) is 2. The first-order valence-electron chi connectivity index (χ1n) is 5.81. The van der Waals surface area contributed by atoms with Crippen molar-refractivity contribution in [1.82, 2.24) is 0 Å². The highest BCUT2D eigenvalue weighted by Gasteiger charge is 2.32. The Morgan fingerprint density at radius 2 is 1.91 bits per heavy atom. The fourth-order valence-corrected chi connectivity index (χ4v) is 2.29. The lowest BCUT2D eigenvalue weighted by Crippen LogP contribution is -2.20. The summed E-state index contributed by atoms with van der Waals surface area (Å²) >= 11 is 1.01. The zero-order chi connectivity index (χ0) is 16.3. The van der Waals surface area contributed by atoms with Gasteiger partial charge in [-0.05, 0) is 18.2 Å². The van der Waals surface area contributed by atoms with Gasteiger partial charge in [-0.2, -0.15) is 0 Å². The van der Waals surface area contributed by atoms with Crippen LogP contribution in [0.3, 0.4) is 0 Å². The Labute approximate surface area is 126 Å². The predicted molar refractivity (Wildman–Crippen MR) is 73.9 cm³/mol. The van der Waals surface area contributed by atoms with Crippen molar-refractivity contribution >= 4 is 28.8 Å². The highest BCUT2D eigenvalue weighted by atomic mass is 32.1. The maximum atomic E-state index is 12.3. The van der Waals surface area contributed by atoms with Crippen molar-refractivity contribution in [2.24, 2.45) is 5.73 Å². The van der Waals surface area contributed by atoms with E-state index in [0.717, 1.165) is 17.4 Å². The molecule has 0 aliphatic heterocycles. The van der Waals surface area contributed by atoms with Crippen LogP contribution in [-0.2, 0) is 0 Å². The molecule has 1 aromatic heterocycles. The minimum absolute atomic E-state index is 0.218. The van der Waals surface area contributed by atoms with Crippen molar-refractivity contribution in [3.63, 3.8) is 0 Å². The fraction of sp³-hybridized carbons (Fsp3) is 0.0769. The third kappa shape index (κ3) is 3.98. The number of para-hydroxylation sites is 1. The summed E-state index contributed by atoms with van der Waals surface area (Å²) in [6.45, 7) is 0. The standard InChI is InChI=1S/C13H9F3N2O3S/c14-13(15,16)21-9-4-2-1-3-8(9)12(20)18-7-5-10(11(17)19)22-6-7/h1-6H,(H2,17,19)(H,18,20). The summed E-state index contributed by atoms with van der Waals surface area (Å²) in [6, 6.07) is 6.27. The number of carbonyl (C=O) groups is 2. The molecule has 0 saturated carbocycles. The van der Waals surface area contributed by atoms with Crippen LogP contribution >= 0.6 is 11.3 Å². The van der Waals surface area contributed by atoms with E-state index in [9.17, 15) is 22.8 Å². The molecule has 0 spiro atoms. The van der Waals surface area contributed by atoms with Gasteiger partial charge >= 0.3 is 6.36 Å². The van der Waals surface area contributed by atoms with Gasteiger partial charge < -0.3 is 15.8 Å². The van der Waals surface area contributed by atoms with Gasteiger partial charge in [0.25, 0.3) is 11.8 Å². The summed E-state index contributed by atoms with van der Waals surface area (Å²) < 4.78 is 40.7. The van der Waals surface area contributed by atoms with Gasteiger partial charge in [0.15, 0.2) is 0 Å². The van der Waals surface area contributed by atoms with Crippen LogP contribution in [0.5, 0.6) is 5.75 Å². The molecule has 0 unspecified atom stereocenters. The molecule has 0 aliphatic rings. The molecule has 22 heavy (non-hydrogen) atoms. The van der Waals surface area contributed by atoms with E-state index >= 15 is 0 Å². The molecule has 0 saturated heterocycles. The number of primary amides is 1. The maximum Gasteiger partial charge on any atom is 0.573 e. The van der Waals surface area contributed by atoms with Gasteiger partial charge in [0.05, 0.1) is 16.1 Å². The molecule has 1 heterocycles. The van der Waals surface area contributed by atoms with Crippen LogP contribution in [0.25, 0.3) is 0 Å². The van der Waals surface area contributed by atoms with Crippen LogP contribution < -0.4 is 15.8 Å². The number of nitrogens with two attached hydrogens (primary N) is 1. The van der Waals surface area contributed by atoms with Gasteiger partial charge in [0.2, 0.25) is 0 Å². The molecule has 1 aromatic carbocycles. The molecule has 0 aliphatic carbocycles. The second-order valence-electron chi connectivity index (χ2n) is 4.06. The molecule has 0 bridgehead atoms. The number of alkyl halides is 3. The fourth-order valence-electron chi connectivity index (χ4n) is 1.60. The molecule has 116 valence electrons. The molecule has 2 amide bonds. The zero-order valence-corrected chi connectivity index (χ0v) is 11.6. The highest BCUT2D eigenvalue weighted by Crippen LogP contribution is 2.27. The number of hydrogen-bond acceptors (Lipinski definition) is 4. The summed E-state index contributed by atoms with van der Waals surface area (Å²) in [7, 11) is 0. The molecular weight excluding hydrogens is 321 g/mol. The summed E-state index contributed by atoms with van der Waals surface area (Å²) in [5.74, 6) is -2.07. The number of anilines is 1. The van der Waals surface area contributed by atoms with E-state index < -0.39 is 23.9 Å². The van der Waals surface area contributed by atoms with Crippen LogP contribution in [0.15, 0.2) is 35.7 Å². The number of ether oxygens (including phenoxy) is 1. The predicted octanol–water partition coefficient (Wildman–Crippen LogP) is 3.00. The molecule has 0 radical (unpaired) electrons. The second kappa shape index (κ2) is 6.06. The van der Waals surface area contributed by atoms with Gasteiger partial charge in [-0.15, -0.1) is 24.5 Å². The van der Waals surface area contributed by atoms with Crippen molar-refractivity contribution in [3.05, 3.63) is 46.2 Å². The van der Waals surface area contributed by atoms with Crippen molar-refractivity contribution < 1.29 is 27.5 Å². The second-order valence-corrected chi connectivity index (χ2v) is 4.97. The molecule has 3 N–H and O–H groups in total. The molecule has 9 heteroatoms. The van der Waals surface area contributed by atoms with E-state index in [0.29, 0.717) is 0 Å². The van der Waals surface area contributed by atoms with E-state index in [2.05, 4.69) is 10.1 Å². The third-order valence-electron chi connectivity index (χ3n) is 2.46. The van der Waals surface area contributed by atoms with Crippen molar-refractivity contribution in [2.75, 3.05) is 5.32 Å². The minimum Gasteiger partial charge on any atom is -0.405 e. The van der Waals surface area contributed by atoms with Crippen LogP contribution in [-0.4, -0.2) is 18.2 Å². The highest BCUT2D eigenvalue weighted by molar-refractivity contribution is 7.12. The van der Waals surface area contributed by atoms with E-state index in [4.69, 9.17) is 5.73 Å². The first-order valence-corrected chi connectivity index (χ1v) is 6.68. The summed E-state index contributed by atoms with van der Waals surface area (Å²) in [6.07, 6.45) is -4.90. The first-order chi connectivity index (χ1) is 10.3. The monoisotopic (exact) mass is 330 g/mol. The topological polar surface area (TPSA) is 81.4 Å². The Morgan fingerprint density at radius 3 is 2.50 bits per heavy atom. The Morgan fingerprint density at radius 1 is 1.23 bits per heavy atom. The average Bonchev–Trinajstić information content (AvgIpc) is 2.86. The SMILES string of the molecule is NC(=O)c1cc(NC(=O)c2ccccc2OC(F)(F)F)cs1. The number of amides is 2. The van der Waals surface area contributed by atoms with Gasteiger partial charge in [-0.3, -0.25) is 9.59 Å². The maximum absolute atomic E-state index is 12.3. The Hall–Kier alpha value is -2.55. The molecule has 0 fully saturated rings. The smallest absolute Gasteiger partial charge is 0.405 e. The van der Waals surface area contributed by atoms with Crippen molar-refractivity contribution in [2.45, 2.75) is 6.36 Å². The Balaban J connectivity index is 2.20. The van der Waals surface area contributed by atoms with Gasteiger partial charge in [0, 0.05) is 5.38 Å². The van der Waals surface area contributed by atoms with Gasteiger partial charge in [0.1, 0.15) is 5.75 Å². The summed E-state index contributed by atoms with van der Waals surface area (Å²) in [5, 5.41) is 3.83. The Kier molecular flexibility index (Phi) is 4.36. The zero-order valence-electron chi connectivity index (χ0n) is 10.8. The Bertz CT molecular complexity index is 713. The quantitative estimate of drug-likeness (QED) is 0.904. The number of carbonyl (C=O) groups excluding carboxylic acids is 2. The van der Waals surface area contributed by atoms with Gasteiger partial charge in [-0.1, -0.05) is 12.1 Å². The normalized spacial score (nSPS) is 11.0. The minimum atomic E-state index is -4.90. The first kappa shape index (κ1) is 15.8. The summed E-state index contributed by atoms with van der Waals surface area (Å²) in [5.41, 5.74) is 5.05. The van der Waals surface area contributed by atoms with Crippen LogP contribution in [0.1, 0.15) is 20.0 Å². The van der Waals surface area contributed by atoms with Crippen LogP contribution in [0, 0.1) is 0 Å². The van der Waals surface area contributed by atoms with Gasteiger partial charge in [-0.25, -0.2) is 0 Å². The molecule has 0 atom stereocenters. The molecule has 5 nitrogen and oxygen atoms in total. The summed E-state index contributed by atoms with van der Waals surface area (Å²) in [4.78, 5) is 23.2. The van der Waals surface area contributed by atoms with E-state index in [1.807, 2.05) is 0 Å². The number of rotatable bonds is 4. The van der Waals surface area contributed by atoms with Crippen LogP contribution in [0.2, 0.25) is 0 Å². The number of thiophene rings is 1. The van der Waals surface area contributed by atoms with E-state index in [-0.39, 0.29) is 16.1 Å². The number of benzene rings is 1. The lowest BCUT2D eigenvalue weighted by atomic mass is 10.2. The molecule has 2 rings (SSSR count). The number of nitrogens with one attached hydrogen (secondary N) is 1. The molecule has 2 aromatic rings.